The summed E-state index contributed by atoms with van der Waals surface area (Å²) in [4.78, 5) is 4.47. The van der Waals surface area contributed by atoms with Crippen molar-refractivity contribution >= 4 is 45.3 Å². The van der Waals surface area contributed by atoms with E-state index in [0.717, 1.165) is 0 Å². The molecule has 1 N–H and O–H groups in total. The number of hydrogen-bond donors (Lipinski definition) is 1. The van der Waals surface area contributed by atoms with Crippen molar-refractivity contribution in [3.63, 3.8) is 0 Å². The number of halogens is 1. The van der Waals surface area contributed by atoms with Crippen LogP contribution in [0.25, 0.3) is 0 Å². The molecule has 108 valence electrons. The summed E-state index contributed by atoms with van der Waals surface area (Å²) >= 11 is 6.34. The van der Waals surface area contributed by atoms with Crippen molar-refractivity contribution in [3.8, 4) is 0 Å². The minimum atomic E-state index is 0.438. The van der Waals surface area contributed by atoms with Crippen molar-refractivity contribution in [2.45, 2.75) is 52.1 Å². The van der Waals surface area contributed by atoms with Crippen molar-refractivity contribution in [3.05, 3.63) is 40.8 Å². The van der Waals surface area contributed by atoms with Crippen molar-refractivity contribution in [1.82, 2.24) is 5.32 Å². The van der Waals surface area contributed by atoms with Gasteiger partial charge in [0, 0.05) is 26.7 Å². The summed E-state index contributed by atoms with van der Waals surface area (Å²) in [6, 6.07) is 5.70. The van der Waals surface area contributed by atoms with Gasteiger partial charge >= 0.3 is 0 Å². The molecule has 2 aromatic heterocycles. The van der Waals surface area contributed by atoms with Gasteiger partial charge in [-0.2, -0.15) is 0 Å². The lowest BCUT2D eigenvalue weighted by Gasteiger charge is -2.27. The molecule has 0 saturated heterocycles. The van der Waals surface area contributed by atoms with Gasteiger partial charge in [0.2, 0.25) is 0 Å². The molecule has 0 aliphatic heterocycles. The van der Waals surface area contributed by atoms with Crippen molar-refractivity contribution in [1.29, 1.82) is 0 Å². The summed E-state index contributed by atoms with van der Waals surface area (Å²) in [5.74, 6) is 0. The molecule has 2 aromatic rings. The van der Waals surface area contributed by atoms with Crippen LogP contribution in [0.3, 0.4) is 0 Å². The molecule has 0 saturated carbocycles. The normalized spacial score (nSPS) is 19.9. The first-order valence-electron chi connectivity index (χ1n) is 7.15. The smallest absolute Gasteiger partial charge is 0.0659 e. The van der Waals surface area contributed by atoms with Crippen LogP contribution in [0.5, 0.6) is 0 Å². The molecule has 2 atom stereocenters. The Bertz CT molecular complexity index is 614. The molecule has 1 nitrogen and oxygen atoms in total. The second kappa shape index (κ2) is 6.07. The van der Waals surface area contributed by atoms with Crippen LogP contribution in [0, 0.1) is 16.7 Å². The molecule has 2 heterocycles. The average molecular weight is 417 g/mol. The first-order chi connectivity index (χ1) is 9.54. The van der Waals surface area contributed by atoms with Crippen LogP contribution in [0.1, 0.15) is 57.6 Å². The lowest BCUT2D eigenvalue weighted by atomic mass is 9.93. The van der Waals surface area contributed by atoms with Crippen LogP contribution in [0.4, 0.5) is 0 Å². The van der Waals surface area contributed by atoms with E-state index in [1.54, 1.807) is 10.4 Å². The fourth-order valence-corrected chi connectivity index (χ4v) is 6.31. The molecule has 0 bridgehead atoms. The van der Waals surface area contributed by atoms with E-state index < -0.39 is 0 Å². The van der Waals surface area contributed by atoms with E-state index in [4.69, 9.17) is 0 Å². The second-order valence-electron chi connectivity index (χ2n) is 5.63. The molecule has 0 radical (unpaired) electrons. The van der Waals surface area contributed by atoms with E-state index in [0.29, 0.717) is 12.1 Å². The Balaban J connectivity index is 1.80. The largest absolute Gasteiger partial charge is 0.303 e. The van der Waals surface area contributed by atoms with Crippen LogP contribution in [-0.2, 0) is 6.42 Å². The van der Waals surface area contributed by atoms with Gasteiger partial charge in [-0.15, -0.1) is 22.7 Å². The van der Waals surface area contributed by atoms with Gasteiger partial charge in [0.15, 0.2) is 0 Å². The summed E-state index contributed by atoms with van der Waals surface area (Å²) in [6.45, 7) is 6.75. The Morgan fingerprint density at radius 2 is 2.10 bits per heavy atom. The highest BCUT2D eigenvalue weighted by Gasteiger charge is 2.24. The number of thiophene rings is 2. The molecule has 2 unspecified atom stereocenters. The number of hydrogen-bond acceptors (Lipinski definition) is 3. The fraction of sp³-hybridized carbons (Fsp3) is 0.500. The van der Waals surface area contributed by atoms with E-state index >= 15 is 0 Å². The van der Waals surface area contributed by atoms with Crippen LogP contribution < -0.4 is 5.32 Å². The van der Waals surface area contributed by atoms with Crippen LogP contribution >= 0.6 is 45.3 Å². The quantitative estimate of drug-likeness (QED) is 0.627. The van der Waals surface area contributed by atoms with Crippen LogP contribution in [0.15, 0.2) is 12.1 Å². The van der Waals surface area contributed by atoms with Gasteiger partial charge in [0.05, 0.1) is 2.88 Å². The third-order valence-corrected chi connectivity index (χ3v) is 7.03. The Hall–Kier alpha value is 0.0900. The van der Waals surface area contributed by atoms with E-state index in [2.05, 4.69) is 60.8 Å². The van der Waals surface area contributed by atoms with Gasteiger partial charge in [-0.1, -0.05) is 0 Å². The molecule has 3 rings (SSSR count). The number of aryl methyl sites for hydroxylation is 3. The molecule has 4 heteroatoms. The van der Waals surface area contributed by atoms with E-state index in [1.807, 2.05) is 22.7 Å². The molecular formula is C16H20INS2. The average Bonchev–Trinajstić information content (AvgIpc) is 2.91. The number of rotatable bonds is 3. The first-order valence-corrected chi connectivity index (χ1v) is 9.87. The third-order valence-electron chi connectivity index (χ3n) is 4.08. The summed E-state index contributed by atoms with van der Waals surface area (Å²) in [6.07, 6.45) is 3.86. The highest BCUT2D eigenvalue weighted by atomic mass is 127. The minimum absolute atomic E-state index is 0.438. The Morgan fingerprint density at radius 3 is 2.80 bits per heavy atom. The van der Waals surface area contributed by atoms with Crippen LogP contribution in [-0.4, -0.2) is 0 Å². The third kappa shape index (κ3) is 2.98. The van der Waals surface area contributed by atoms with Gasteiger partial charge < -0.3 is 5.32 Å². The molecule has 0 aromatic carbocycles. The summed E-state index contributed by atoms with van der Waals surface area (Å²) < 4.78 is 1.43. The second-order valence-corrected chi connectivity index (χ2v) is 10.1. The summed E-state index contributed by atoms with van der Waals surface area (Å²) in [5, 5.41) is 3.87. The van der Waals surface area contributed by atoms with Crippen LogP contribution in [0.2, 0.25) is 0 Å². The predicted molar refractivity (Wildman–Crippen MR) is 98.1 cm³/mol. The van der Waals surface area contributed by atoms with Gasteiger partial charge in [0.1, 0.15) is 0 Å². The van der Waals surface area contributed by atoms with Gasteiger partial charge in [-0.05, 0) is 85.9 Å². The van der Waals surface area contributed by atoms with Gasteiger partial charge in [-0.3, -0.25) is 0 Å². The molecule has 0 fully saturated rings. The molecule has 1 aliphatic carbocycles. The Kier molecular flexibility index (Phi) is 4.55. The molecule has 1 aliphatic rings. The van der Waals surface area contributed by atoms with E-state index in [9.17, 15) is 0 Å². The molecule has 0 spiro atoms. The molecule has 0 amide bonds. The van der Waals surface area contributed by atoms with Crippen molar-refractivity contribution < 1.29 is 0 Å². The topological polar surface area (TPSA) is 12.0 Å². The number of nitrogens with one attached hydrogen (secondary N) is 1. The number of fused-ring (bicyclic) bond motifs is 1. The molecule has 20 heavy (non-hydrogen) atoms. The standard InChI is InChI=1S/C16H20INS2/c1-9-7-12(11(3)19-9)10(2)18-14-5-4-6-15-13(14)8-16(17)20-15/h7-8,10,14,18H,4-6H2,1-3H3. The zero-order chi connectivity index (χ0) is 14.3. The molecular weight excluding hydrogens is 397 g/mol. The highest BCUT2D eigenvalue weighted by molar-refractivity contribution is 14.1. The fourth-order valence-electron chi connectivity index (χ4n) is 3.17. The summed E-state index contributed by atoms with van der Waals surface area (Å²) in [7, 11) is 0. The summed E-state index contributed by atoms with van der Waals surface area (Å²) in [5.41, 5.74) is 3.03. The van der Waals surface area contributed by atoms with Gasteiger partial charge in [0.25, 0.3) is 0 Å². The van der Waals surface area contributed by atoms with Crippen molar-refractivity contribution in [2.75, 3.05) is 0 Å². The lowest BCUT2D eigenvalue weighted by Crippen LogP contribution is -2.27. The van der Waals surface area contributed by atoms with Crippen molar-refractivity contribution in [2.24, 2.45) is 0 Å². The maximum absolute atomic E-state index is 3.87. The highest BCUT2D eigenvalue weighted by Crippen LogP contribution is 2.38. The Morgan fingerprint density at radius 1 is 1.30 bits per heavy atom. The predicted octanol–water partition coefficient (Wildman–Crippen LogP) is 5.76. The SMILES string of the molecule is Cc1cc(C(C)NC2CCCc3sc(I)cc32)c(C)s1. The maximum Gasteiger partial charge on any atom is 0.0659 e. The van der Waals surface area contributed by atoms with E-state index in [1.165, 1.54) is 37.5 Å². The zero-order valence-corrected chi connectivity index (χ0v) is 15.9. The maximum atomic E-state index is 3.87. The van der Waals surface area contributed by atoms with E-state index in [-0.39, 0.29) is 0 Å². The lowest BCUT2D eigenvalue weighted by molar-refractivity contribution is 0.418. The zero-order valence-electron chi connectivity index (χ0n) is 12.1. The monoisotopic (exact) mass is 417 g/mol. The first kappa shape index (κ1) is 15.0. The Labute approximate surface area is 142 Å². The van der Waals surface area contributed by atoms with Gasteiger partial charge in [-0.25, -0.2) is 0 Å². The minimum Gasteiger partial charge on any atom is -0.303 e.